The van der Waals surface area contributed by atoms with Crippen LogP contribution in [-0.4, -0.2) is 46.0 Å². The summed E-state index contributed by atoms with van der Waals surface area (Å²) in [7, 11) is 0. The van der Waals surface area contributed by atoms with E-state index in [9.17, 15) is 13.6 Å². The lowest BCUT2D eigenvalue weighted by molar-refractivity contribution is -0.132. The average Bonchev–Trinajstić information content (AvgIpc) is 3.28. The maximum atomic E-state index is 12.9. The van der Waals surface area contributed by atoms with E-state index >= 15 is 0 Å². The fourth-order valence-electron chi connectivity index (χ4n) is 4.00. The first-order valence-corrected chi connectivity index (χ1v) is 9.13. The van der Waals surface area contributed by atoms with Gasteiger partial charge in [0.05, 0.1) is 5.52 Å². The van der Waals surface area contributed by atoms with Crippen molar-refractivity contribution in [2.75, 3.05) is 11.9 Å². The number of nitrogens with zero attached hydrogens (tertiary/aromatic N) is 3. The molecule has 1 aromatic carbocycles. The van der Waals surface area contributed by atoms with Crippen molar-refractivity contribution in [3.63, 3.8) is 0 Å². The molecule has 144 valence electrons. The topological polar surface area (TPSA) is 67.4 Å². The van der Waals surface area contributed by atoms with Gasteiger partial charge in [0.1, 0.15) is 23.9 Å². The molecule has 1 aromatic heterocycles. The van der Waals surface area contributed by atoms with Gasteiger partial charge in [-0.3, -0.25) is 4.79 Å². The first-order chi connectivity index (χ1) is 12.9. The standard InChI is InChI=1S/C19H22F2N4O2/c1-11-8-19(5-6-19)9-25(11)17(26)12(2)24-16-14-4-3-13(27-18(20)21)7-15(14)22-10-23-16/h3-4,7,10-12,18H,5-6,8-9H2,1-2H3,(H,22,23,24)/t11-,12+/m0/s1. The number of likely N-dealkylation sites (tertiary alicyclic amines) is 1. The normalized spacial score (nSPS) is 21.7. The predicted molar refractivity (Wildman–Crippen MR) is 96.7 cm³/mol. The van der Waals surface area contributed by atoms with Crippen molar-refractivity contribution in [1.82, 2.24) is 14.9 Å². The van der Waals surface area contributed by atoms with Crippen LogP contribution in [0, 0.1) is 5.41 Å². The second-order valence-corrected chi connectivity index (χ2v) is 7.67. The molecule has 8 heteroatoms. The number of ether oxygens (including phenoxy) is 1. The molecule has 2 heterocycles. The molecule has 1 saturated carbocycles. The Morgan fingerprint density at radius 3 is 2.81 bits per heavy atom. The summed E-state index contributed by atoms with van der Waals surface area (Å²) in [5, 5.41) is 3.80. The molecule has 0 unspecified atom stereocenters. The summed E-state index contributed by atoms with van der Waals surface area (Å²) in [5.41, 5.74) is 0.828. The number of aromatic nitrogens is 2. The van der Waals surface area contributed by atoms with E-state index in [0.29, 0.717) is 22.1 Å². The summed E-state index contributed by atoms with van der Waals surface area (Å²) in [6, 6.07) is 4.29. The molecule has 2 fully saturated rings. The number of alkyl halides is 2. The highest BCUT2D eigenvalue weighted by Gasteiger charge is 2.52. The van der Waals surface area contributed by atoms with Gasteiger partial charge in [-0.25, -0.2) is 9.97 Å². The lowest BCUT2D eigenvalue weighted by atomic mass is 10.0. The third-order valence-corrected chi connectivity index (χ3v) is 5.56. The molecule has 1 N–H and O–H groups in total. The molecule has 4 rings (SSSR count). The van der Waals surface area contributed by atoms with Crippen LogP contribution in [0.15, 0.2) is 24.5 Å². The summed E-state index contributed by atoms with van der Waals surface area (Å²) in [5.74, 6) is 0.583. The largest absolute Gasteiger partial charge is 0.435 e. The van der Waals surface area contributed by atoms with Gasteiger partial charge in [0.2, 0.25) is 5.91 Å². The molecule has 1 spiro atoms. The van der Waals surface area contributed by atoms with Crippen LogP contribution in [0.3, 0.4) is 0 Å². The summed E-state index contributed by atoms with van der Waals surface area (Å²) in [6.45, 7) is 1.85. The number of hydrogen-bond acceptors (Lipinski definition) is 5. The molecule has 1 saturated heterocycles. The zero-order valence-corrected chi connectivity index (χ0v) is 15.3. The van der Waals surface area contributed by atoms with Crippen LogP contribution in [-0.2, 0) is 4.79 Å². The Bertz CT molecular complexity index is 872. The minimum atomic E-state index is -2.89. The lowest BCUT2D eigenvalue weighted by Gasteiger charge is -2.26. The molecule has 0 radical (unpaired) electrons. The second-order valence-electron chi connectivity index (χ2n) is 7.67. The highest BCUT2D eigenvalue weighted by Crippen LogP contribution is 2.54. The molecule has 1 aliphatic carbocycles. The number of halogens is 2. The Morgan fingerprint density at radius 2 is 2.15 bits per heavy atom. The number of hydrogen-bond donors (Lipinski definition) is 1. The highest BCUT2D eigenvalue weighted by atomic mass is 19.3. The number of fused-ring (bicyclic) bond motifs is 1. The third-order valence-electron chi connectivity index (χ3n) is 5.56. The Kier molecular flexibility index (Phi) is 4.36. The SMILES string of the molecule is C[C@@H](Nc1ncnc2cc(OC(F)F)ccc12)C(=O)N1CC2(CC2)C[C@@H]1C. The number of amides is 1. The van der Waals surface area contributed by atoms with Crippen LogP contribution in [0.25, 0.3) is 10.9 Å². The summed E-state index contributed by atoms with van der Waals surface area (Å²) in [4.78, 5) is 23.2. The molecule has 27 heavy (non-hydrogen) atoms. The van der Waals surface area contributed by atoms with E-state index in [1.54, 1.807) is 6.07 Å². The van der Waals surface area contributed by atoms with E-state index < -0.39 is 12.7 Å². The second kappa shape index (κ2) is 6.58. The van der Waals surface area contributed by atoms with Crippen LogP contribution in [0.5, 0.6) is 5.75 Å². The molecule has 2 aliphatic rings. The Labute approximate surface area is 155 Å². The van der Waals surface area contributed by atoms with E-state index in [1.165, 1.54) is 31.3 Å². The van der Waals surface area contributed by atoms with E-state index in [1.807, 2.05) is 11.8 Å². The van der Waals surface area contributed by atoms with Gasteiger partial charge in [-0.15, -0.1) is 0 Å². The quantitative estimate of drug-likeness (QED) is 0.866. The van der Waals surface area contributed by atoms with Crippen molar-refractivity contribution in [1.29, 1.82) is 0 Å². The van der Waals surface area contributed by atoms with Gasteiger partial charge in [0, 0.05) is 24.0 Å². The smallest absolute Gasteiger partial charge is 0.387 e. The average molecular weight is 376 g/mol. The van der Waals surface area contributed by atoms with Crippen LogP contribution < -0.4 is 10.1 Å². The molecule has 6 nitrogen and oxygen atoms in total. The van der Waals surface area contributed by atoms with Gasteiger partial charge in [0.25, 0.3) is 0 Å². The number of anilines is 1. The summed E-state index contributed by atoms with van der Waals surface area (Å²) in [6.07, 6.45) is 4.84. The van der Waals surface area contributed by atoms with E-state index in [4.69, 9.17) is 0 Å². The fourth-order valence-corrected chi connectivity index (χ4v) is 4.00. The third kappa shape index (κ3) is 3.52. The number of benzene rings is 1. The Hall–Kier alpha value is -2.51. The van der Waals surface area contributed by atoms with Crippen LogP contribution in [0.1, 0.15) is 33.1 Å². The maximum Gasteiger partial charge on any atom is 0.387 e. The summed E-state index contributed by atoms with van der Waals surface area (Å²) < 4.78 is 29.2. The predicted octanol–water partition coefficient (Wildman–Crippen LogP) is 3.43. The number of carbonyl (C=O) groups excluding carboxylic acids is 1. The molecule has 2 atom stereocenters. The van der Waals surface area contributed by atoms with Crippen molar-refractivity contribution in [2.45, 2.75) is 51.8 Å². The molecular formula is C19H22F2N4O2. The van der Waals surface area contributed by atoms with Gasteiger partial charge in [-0.05, 0) is 50.7 Å². The Balaban J connectivity index is 1.51. The first-order valence-electron chi connectivity index (χ1n) is 9.13. The molecular weight excluding hydrogens is 354 g/mol. The van der Waals surface area contributed by atoms with Gasteiger partial charge < -0.3 is 15.0 Å². The van der Waals surface area contributed by atoms with Gasteiger partial charge >= 0.3 is 6.61 Å². The van der Waals surface area contributed by atoms with Crippen LogP contribution in [0.4, 0.5) is 14.6 Å². The minimum absolute atomic E-state index is 0.0342. The summed E-state index contributed by atoms with van der Waals surface area (Å²) >= 11 is 0. The number of carbonyl (C=O) groups is 1. The van der Waals surface area contributed by atoms with Crippen molar-refractivity contribution < 1.29 is 18.3 Å². The zero-order valence-electron chi connectivity index (χ0n) is 15.3. The van der Waals surface area contributed by atoms with Crippen molar-refractivity contribution >= 4 is 22.6 Å². The van der Waals surface area contributed by atoms with E-state index in [2.05, 4.69) is 26.9 Å². The van der Waals surface area contributed by atoms with Gasteiger partial charge in [-0.1, -0.05) is 0 Å². The molecule has 0 bridgehead atoms. The van der Waals surface area contributed by atoms with Crippen molar-refractivity contribution in [2.24, 2.45) is 5.41 Å². The fraction of sp³-hybridized carbons (Fsp3) is 0.526. The van der Waals surface area contributed by atoms with Gasteiger partial charge in [0.15, 0.2) is 0 Å². The monoisotopic (exact) mass is 376 g/mol. The van der Waals surface area contributed by atoms with Crippen molar-refractivity contribution in [3.05, 3.63) is 24.5 Å². The first kappa shape index (κ1) is 17.9. The van der Waals surface area contributed by atoms with Crippen molar-refractivity contribution in [3.8, 4) is 5.75 Å². The molecule has 1 amide bonds. The zero-order chi connectivity index (χ0) is 19.2. The molecule has 2 aromatic rings. The van der Waals surface area contributed by atoms with Gasteiger partial charge in [-0.2, -0.15) is 8.78 Å². The lowest BCUT2D eigenvalue weighted by Crippen LogP contribution is -2.43. The minimum Gasteiger partial charge on any atom is -0.435 e. The van der Waals surface area contributed by atoms with Crippen LogP contribution >= 0.6 is 0 Å². The number of rotatable bonds is 5. The Morgan fingerprint density at radius 1 is 1.37 bits per heavy atom. The number of nitrogens with one attached hydrogen (secondary N) is 1. The molecule has 1 aliphatic heterocycles. The van der Waals surface area contributed by atoms with Crippen LogP contribution in [0.2, 0.25) is 0 Å². The highest BCUT2D eigenvalue weighted by molar-refractivity contribution is 5.92. The maximum absolute atomic E-state index is 12.9. The van der Waals surface area contributed by atoms with E-state index in [0.717, 1.165) is 13.0 Å². The van der Waals surface area contributed by atoms with E-state index in [-0.39, 0.29) is 17.7 Å².